The minimum absolute atomic E-state index is 0.0706. The predicted molar refractivity (Wildman–Crippen MR) is 105 cm³/mol. The highest BCUT2D eigenvalue weighted by Crippen LogP contribution is 2.24. The molecule has 7 nitrogen and oxygen atoms in total. The van der Waals surface area contributed by atoms with Crippen molar-refractivity contribution in [3.63, 3.8) is 0 Å². The molecule has 0 saturated carbocycles. The maximum absolute atomic E-state index is 12.7. The number of aromatic nitrogens is 5. The fourth-order valence-corrected chi connectivity index (χ4v) is 3.80. The molecular formula is C19H20N6OS. The van der Waals surface area contributed by atoms with Crippen molar-refractivity contribution >= 4 is 22.2 Å². The first-order valence-electron chi connectivity index (χ1n) is 8.83. The lowest BCUT2D eigenvalue weighted by Crippen LogP contribution is -2.36. The molecule has 1 amide bonds. The van der Waals surface area contributed by atoms with Crippen molar-refractivity contribution < 1.29 is 4.79 Å². The molecule has 1 atom stereocenters. The Morgan fingerprint density at radius 2 is 2.11 bits per heavy atom. The van der Waals surface area contributed by atoms with Gasteiger partial charge in [0.2, 0.25) is 0 Å². The van der Waals surface area contributed by atoms with Crippen LogP contribution in [0.3, 0.4) is 0 Å². The second-order valence-electron chi connectivity index (χ2n) is 6.44. The lowest BCUT2D eigenvalue weighted by atomic mass is 10.1. The summed E-state index contributed by atoms with van der Waals surface area (Å²) in [5, 5.41) is 8.91. The zero-order valence-electron chi connectivity index (χ0n) is 15.2. The van der Waals surface area contributed by atoms with Crippen molar-refractivity contribution in [2.75, 3.05) is 0 Å². The monoisotopic (exact) mass is 380 g/mol. The van der Waals surface area contributed by atoms with Crippen LogP contribution in [0.15, 0.2) is 48.5 Å². The van der Waals surface area contributed by atoms with Gasteiger partial charge in [-0.15, -0.1) is 11.3 Å². The van der Waals surface area contributed by atoms with E-state index in [0.717, 1.165) is 22.6 Å². The number of amides is 1. The molecule has 0 aliphatic rings. The third-order valence-corrected chi connectivity index (χ3v) is 5.24. The van der Waals surface area contributed by atoms with Gasteiger partial charge in [0.1, 0.15) is 18.3 Å². The van der Waals surface area contributed by atoms with E-state index in [1.54, 1.807) is 11.0 Å². The number of benzene rings is 1. The number of hydrogen-bond acceptors (Lipinski definition) is 5. The van der Waals surface area contributed by atoms with E-state index in [9.17, 15) is 4.79 Å². The maximum Gasteiger partial charge on any atom is 0.269 e. The number of fused-ring (bicyclic) bond motifs is 1. The quantitative estimate of drug-likeness (QED) is 0.558. The van der Waals surface area contributed by atoms with Gasteiger partial charge in [-0.2, -0.15) is 5.10 Å². The Morgan fingerprint density at radius 1 is 1.30 bits per heavy atom. The molecule has 4 aromatic rings. The van der Waals surface area contributed by atoms with E-state index in [4.69, 9.17) is 0 Å². The van der Waals surface area contributed by atoms with E-state index in [2.05, 4.69) is 51.6 Å². The van der Waals surface area contributed by atoms with Crippen LogP contribution in [-0.4, -0.2) is 36.1 Å². The van der Waals surface area contributed by atoms with Gasteiger partial charge >= 0.3 is 0 Å². The van der Waals surface area contributed by atoms with E-state index in [0.29, 0.717) is 12.2 Å². The lowest BCUT2D eigenvalue weighted by molar-refractivity contribution is 0.0930. The average molecular weight is 380 g/mol. The summed E-state index contributed by atoms with van der Waals surface area (Å²) in [5.41, 5.74) is 3.80. The van der Waals surface area contributed by atoms with Crippen LogP contribution in [0.25, 0.3) is 16.2 Å². The second-order valence-corrected chi connectivity index (χ2v) is 7.28. The van der Waals surface area contributed by atoms with E-state index < -0.39 is 0 Å². The van der Waals surface area contributed by atoms with Crippen molar-refractivity contribution in [2.24, 2.45) is 0 Å². The Labute approximate surface area is 160 Å². The Morgan fingerprint density at radius 3 is 2.81 bits per heavy atom. The van der Waals surface area contributed by atoms with Crippen LogP contribution in [0.2, 0.25) is 0 Å². The normalized spacial score (nSPS) is 12.4. The molecule has 0 aliphatic heterocycles. The van der Waals surface area contributed by atoms with Crippen molar-refractivity contribution in [2.45, 2.75) is 32.9 Å². The molecule has 1 aromatic carbocycles. The molecule has 1 N–H and O–H groups in total. The SMILES string of the molecule is CCc1ccc(-c2cn3c(C(=O)NC(C)Cn4cncn4)csc3n2)cc1. The molecule has 0 saturated heterocycles. The van der Waals surface area contributed by atoms with Crippen LogP contribution in [0.5, 0.6) is 0 Å². The largest absolute Gasteiger partial charge is 0.346 e. The molecule has 3 heterocycles. The number of carbonyl (C=O) groups is 1. The molecule has 0 spiro atoms. The van der Waals surface area contributed by atoms with E-state index >= 15 is 0 Å². The first-order chi connectivity index (χ1) is 13.1. The van der Waals surface area contributed by atoms with Gasteiger partial charge in [0.15, 0.2) is 4.96 Å². The number of thiazole rings is 1. The summed E-state index contributed by atoms with van der Waals surface area (Å²) in [4.78, 5) is 22.1. The summed E-state index contributed by atoms with van der Waals surface area (Å²) in [6, 6.07) is 8.31. The highest BCUT2D eigenvalue weighted by molar-refractivity contribution is 7.15. The first-order valence-corrected chi connectivity index (χ1v) is 9.71. The Hall–Kier alpha value is -3.00. The number of hydrogen-bond donors (Lipinski definition) is 1. The van der Waals surface area contributed by atoms with Crippen LogP contribution in [0, 0.1) is 0 Å². The van der Waals surface area contributed by atoms with Gasteiger partial charge in [0, 0.05) is 23.2 Å². The maximum atomic E-state index is 12.7. The van der Waals surface area contributed by atoms with Gasteiger partial charge in [-0.1, -0.05) is 31.2 Å². The van der Waals surface area contributed by atoms with Crippen molar-refractivity contribution in [1.29, 1.82) is 0 Å². The van der Waals surface area contributed by atoms with Gasteiger partial charge in [-0.25, -0.2) is 9.97 Å². The van der Waals surface area contributed by atoms with Crippen molar-refractivity contribution in [3.8, 4) is 11.3 Å². The van der Waals surface area contributed by atoms with Crippen LogP contribution in [0.4, 0.5) is 0 Å². The Kier molecular flexibility index (Phi) is 4.72. The molecule has 0 bridgehead atoms. The van der Waals surface area contributed by atoms with Crippen molar-refractivity contribution in [1.82, 2.24) is 29.5 Å². The highest BCUT2D eigenvalue weighted by atomic mass is 32.1. The van der Waals surface area contributed by atoms with Crippen LogP contribution < -0.4 is 5.32 Å². The van der Waals surface area contributed by atoms with E-state index in [-0.39, 0.29) is 11.9 Å². The number of imidazole rings is 1. The fraction of sp³-hybridized carbons (Fsp3) is 0.263. The number of rotatable bonds is 6. The van der Waals surface area contributed by atoms with Gasteiger partial charge < -0.3 is 5.32 Å². The predicted octanol–water partition coefficient (Wildman–Crippen LogP) is 3.04. The topological polar surface area (TPSA) is 77.1 Å². The zero-order valence-corrected chi connectivity index (χ0v) is 16.0. The van der Waals surface area contributed by atoms with E-state index in [1.165, 1.54) is 23.2 Å². The minimum Gasteiger partial charge on any atom is -0.346 e. The smallest absolute Gasteiger partial charge is 0.269 e. The summed E-state index contributed by atoms with van der Waals surface area (Å²) in [6.07, 6.45) is 6.05. The summed E-state index contributed by atoms with van der Waals surface area (Å²) >= 11 is 1.46. The summed E-state index contributed by atoms with van der Waals surface area (Å²) < 4.78 is 3.55. The molecule has 0 radical (unpaired) electrons. The Bertz CT molecular complexity index is 1050. The zero-order chi connectivity index (χ0) is 18.8. The van der Waals surface area contributed by atoms with Crippen molar-refractivity contribution in [3.05, 3.63) is 59.8 Å². The first kappa shape index (κ1) is 17.4. The summed E-state index contributed by atoms with van der Waals surface area (Å²) in [7, 11) is 0. The van der Waals surface area contributed by atoms with Gasteiger partial charge in [0.25, 0.3) is 5.91 Å². The third kappa shape index (κ3) is 3.61. The summed E-state index contributed by atoms with van der Waals surface area (Å²) in [5.74, 6) is -0.126. The lowest BCUT2D eigenvalue weighted by Gasteiger charge is -2.13. The third-order valence-electron chi connectivity index (χ3n) is 4.40. The fourth-order valence-electron chi connectivity index (χ4n) is 2.95. The number of nitrogens with zero attached hydrogens (tertiary/aromatic N) is 5. The van der Waals surface area contributed by atoms with Gasteiger partial charge in [0.05, 0.1) is 12.2 Å². The number of carbonyl (C=O) groups excluding carboxylic acids is 1. The minimum atomic E-state index is -0.126. The molecule has 0 fully saturated rings. The highest BCUT2D eigenvalue weighted by Gasteiger charge is 2.17. The molecule has 138 valence electrons. The standard InChI is InChI=1S/C19H20N6OS/c1-3-14-4-6-15(7-5-14)16-9-25-17(10-27-19(25)23-16)18(26)22-13(2)8-24-12-20-11-21-24/h4-7,9-13H,3,8H2,1-2H3,(H,22,26). The van der Waals surface area contributed by atoms with Crippen LogP contribution in [-0.2, 0) is 13.0 Å². The molecule has 8 heteroatoms. The second kappa shape index (κ2) is 7.32. The van der Waals surface area contributed by atoms with Gasteiger partial charge in [-0.05, 0) is 18.9 Å². The Balaban J connectivity index is 1.53. The number of nitrogens with one attached hydrogen (secondary N) is 1. The van der Waals surface area contributed by atoms with Crippen LogP contribution in [0.1, 0.15) is 29.9 Å². The van der Waals surface area contributed by atoms with Crippen LogP contribution >= 0.6 is 11.3 Å². The summed E-state index contributed by atoms with van der Waals surface area (Å²) in [6.45, 7) is 4.64. The average Bonchev–Trinajstić information content (AvgIpc) is 3.38. The molecule has 4 rings (SSSR count). The molecule has 0 aliphatic carbocycles. The molecule has 1 unspecified atom stereocenters. The molecule has 3 aromatic heterocycles. The van der Waals surface area contributed by atoms with Gasteiger partial charge in [-0.3, -0.25) is 13.9 Å². The molecular weight excluding hydrogens is 360 g/mol. The molecule has 27 heavy (non-hydrogen) atoms. The number of aryl methyl sites for hydroxylation is 1. The van der Waals surface area contributed by atoms with E-state index in [1.807, 2.05) is 22.9 Å².